The minimum atomic E-state index is -0.837. The van der Waals surface area contributed by atoms with Gasteiger partial charge in [-0.15, -0.1) is 0 Å². The summed E-state index contributed by atoms with van der Waals surface area (Å²) in [6, 6.07) is 12.6. The molecule has 0 saturated heterocycles. The van der Waals surface area contributed by atoms with E-state index in [9.17, 15) is 9.90 Å². The highest BCUT2D eigenvalue weighted by Gasteiger charge is 2.31. The number of fused-ring (bicyclic) bond motifs is 1. The Bertz CT molecular complexity index is 1100. The summed E-state index contributed by atoms with van der Waals surface area (Å²) in [5, 5.41) is 15.1. The van der Waals surface area contributed by atoms with Crippen molar-refractivity contribution >= 4 is 17.3 Å². The lowest BCUT2D eigenvalue weighted by molar-refractivity contribution is 0.169. The predicted octanol–water partition coefficient (Wildman–Crippen LogP) is 2.96. The van der Waals surface area contributed by atoms with Gasteiger partial charge in [0.05, 0.1) is 31.8 Å². The Hall–Kier alpha value is -3.03. The van der Waals surface area contributed by atoms with Crippen molar-refractivity contribution in [1.82, 2.24) is 9.78 Å². The van der Waals surface area contributed by atoms with Gasteiger partial charge in [-0.25, -0.2) is 0 Å². The van der Waals surface area contributed by atoms with Crippen molar-refractivity contribution in [3.63, 3.8) is 0 Å². The van der Waals surface area contributed by atoms with E-state index in [4.69, 9.17) is 21.1 Å². The smallest absolute Gasteiger partial charge is 0.292 e. The second kappa shape index (κ2) is 7.77. The first kappa shape index (κ1) is 19.3. The molecule has 0 spiro atoms. The van der Waals surface area contributed by atoms with E-state index in [0.717, 1.165) is 5.56 Å². The Labute approximate surface area is 172 Å². The van der Waals surface area contributed by atoms with Crippen molar-refractivity contribution in [1.29, 1.82) is 0 Å². The van der Waals surface area contributed by atoms with Crippen LogP contribution in [-0.2, 0) is 6.54 Å². The van der Waals surface area contributed by atoms with Gasteiger partial charge in [-0.1, -0.05) is 29.8 Å². The molecule has 1 aromatic heterocycles. The fourth-order valence-electron chi connectivity index (χ4n) is 3.66. The van der Waals surface area contributed by atoms with E-state index >= 15 is 0 Å². The minimum absolute atomic E-state index is 0.0429. The molecule has 1 N–H and O–H groups in total. The predicted molar refractivity (Wildman–Crippen MR) is 110 cm³/mol. The van der Waals surface area contributed by atoms with E-state index in [1.807, 2.05) is 23.1 Å². The zero-order chi connectivity index (χ0) is 20.5. The van der Waals surface area contributed by atoms with Crippen molar-refractivity contribution in [3.05, 3.63) is 75.2 Å². The van der Waals surface area contributed by atoms with Crippen molar-refractivity contribution in [3.8, 4) is 17.2 Å². The van der Waals surface area contributed by atoms with Gasteiger partial charge in [0, 0.05) is 24.2 Å². The SMILES string of the molecule is COc1ccc(OC)c2c1CN(c1cnn(-c3ccccc3)c(=O)c1Cl)C[C@@H]2O. The number of methoxy groups -OCH3 is 2. The molecule has 0 bridgehead atoms. The molecule has 150 valence electrons. The van der Waals surface area contributed by atoms with Crippen LogP contribution in [0.25, 0.3) is 5.69 Å². The van der Waals surface area contributed by atoms with E-state index in [1.54, 1.807) is 44.7 Å². The quantitative estimate of drug-likeness (QED) is 0.708. The molecule has 2 heterocycles. The standard InChI is InChI=1S/C21H20ClN3O4/c1-28-17-8-9-18(29-2)19-14(17)11-24(12-16(19)26)15-10-23-25(21(27)20(15)22)13-6-4-3-5-7-13/h3-10,16,26H,11-12H2,1-2H3/t16-/m0/s1. The van der Waals surface area contributed by atoms with Gasteiger partial charge in [0.15, 0.2) is 0 Å². The van der Waals surface area contributed by atoms with E-state index in [0.29, 0.717) is 35.0 Å². The van der Waals surface area contributed by atoms with Gasteiger partial charge < -0.3 is 19.5 Å². The number of β-amino-alcohol motifs (C(OH)–C–C–N with tert-alkyl or cyclic N) is 1. The number of halogens is 1. The molecule has 3 aromatic rings. The Kier molecular flexibility index (Phi) is 5.17. The molecule has 1 atom stereocenters. The monoisotopic (exact) mass is 413 g/mol. The molecule has 2 aromatic carbocycles. The number of para-hydroxylation sites is 1. The van der Waals surface area contributed by atoms with E-state index in [-0.39, 0.29) is 11.6 Å². The van der Waals surface area contributed by atoms with Crippen LogP contribution in [0.15, 0.2) is 53.5 Å². The average molecular weight is 414 g/mol. The lowest BCUT2D eigenvalue weighted by Gasteiger charge is -2.35. The summed E-state index contributed by atoms with van der Waals surface area (Å²) in [5.41, 5.74) is 2.13. The highest BCUT2D eigenvalue weighted by Crippen LogP contribution is 2.41. The van der Waals surface area contributed by atoms with Gasteiger partial charge in [-0.2, -0.15) is 9.78 Å². The van der Waals surface area contributed by atoms with Gasteiger partial charge in [-0.05, 0) is 24.3 Å². The summed E-state index contributed by atoms with van der Waals surface area (Å²) >= 11 is 6.44. The molecule has 0 amide bonds. The number of aliphatic hydroxyl groups is 1. The molecule has 0 aliphatic carbocycles. The van der Waals surface area contributed by atoms with Gasteiger partial charge in [0.25, 0.3) is 5.56 Å². The zero-order valence-corrected chi connectivity index (χ0v) is 16.8. The minimum Gasteiger partial charge on any atom is -0.496 e. The van der Waals surface area contributed by atoms with Crippen molar-refractivity contribution in [2.45, 2.75) is 12.6 Å². The highest BCUT2D eigenvalue weighted by atomic mass is 35.5. The third kappa shape index (κ3) is 3.32. The Morgan fingerprint density at radius 1 is 1.10 bits per heavy atom. The number of ether oxygens (including phenoxy) is 2. The summed E-state index contributed by atoms with van der Waals surface area (Å²) < 4.78 is 12.1. The lowest BCUT2D eigenvalue weighted by atomic mass is 9.95. The van der Waals surface area contributed by atoms with Crippen LogP contribution in [0.4, 0.5) is 5.69 Å². The van der Waals surface area contributed by atoms with E-state index in [1.165, 1.54) is 4.68 Å². The number of rotatable bonds is 4. The Morgan fingerprint density at radius 2 is 1.79 bits per heavy atom. The second-order valence-electron chi connectivity index (χ2n) is 6.65. The number of benzene rings is 2. The normalized spacial score (nSPS) is 15.7. The van der Waals surface area contributed by atoms with Crippen LogP contribution >= 0.6 is 11.6 Å². The Morgan fingerprint density at radius 3 is 2.48 bits per heavy atom. The fourth-order valence-corrected chi connectivity index (χ4v) is 3.91. The van der Waals surface area contributed by atoms with Crippen molar-refractivity contribution < 1.29 is 14.6 Å². The maximum atomic E-state index is 12.8. The zero-order valence-electron chi connectivity index (χ0n) is 16.0. The van der Waals surface area contributed by atoms with Crippen LogP contribution in [0.2, 0.25) is 5.02 Å². The summed E-state index contributed by atoms with van der Waals surface area (Å²) in [5.74, 6) is 1.22. The molecule has 0 radical (unpaired) electrons. The highest BCUT2D eigenvalue weighted by molar-refractivity contribution is 6.33. The van der Waals surface area contributed by atoms with Crippen LogP contribution in [-0.4, -0.2) is 35.7 Å². The molecule has 1 aliphatic heterocycles. The molecule has 29 heavy (non-hydrogen) atoms. The molecule has 0 fully saturated rings. The molecule has 0 unspecified atom stereocenters. The molecule has 1 aliphatic rings. The summed E-state index contributed by atoms with van der Waals surface area (Å²) in [4.78, 5) is 14.6. The van der Waals surface area contributed by atoms with Crippen molar-refractivity contribution in [2.75, 3.05) is 25.7 Å². The van der Waals surface area contributed by atoms with Crippen LogP contribution in [0, 0.1) is 0 Å². The van der Waals surface area contributed by atoms with Crippen LogP contribution in [0.3, 0.4) is 0 Å². The van der Waals surface area contributed by atoms with Gasteiger partial charge in [-0.3, -0.25) is 4.79 Å². The number of aromatic nitrogens is 2. The molecular formula is C21H20ClN3O4. The van der Waals surface area contributed by atoms with Gasteiger partial charge in [0.1, 0.15) is 22.6 Å². The largest absolute Gasteiger partial charge is 0.496 e. The molecule has 7 nitrogen and oxygen atoms in total. The molecule has 4 rings (SSSR count). The fraction of sp³-hybridized carbons (Fsp3) is 0.238. The van der Waals surface area contributed by atoms with Gasteiger partial charge >= 0.3 is 0 Å². The number of hydrogen-bond donors (Lipinski definition) is 1. The topological polar surface area (TPSA) is 76.8 Å². The lowest BCUT2D eigenvalue weighted by Crippen LogP contribution is -2.36. The van der Waals surface area contributed by atoms with Gasteiger partial charge in [0.2, 0.25) is 0 Å². The molecule has 8 heteroatoms. The van der Waals surface area contributed by atoms with E-state index < -0.39 is 11.7 Å². The first-order chi connectivity index (χ1) is 14.0. The summed E-state index contributed by atoms with van der Waals surface area (Å²) in [6.45, 7) is 0.635. The maximum absolute atomic E-state index is 12.8. The van der Waals surface area contributed by atoms with E-state index in [2.05, 4.69) is 5.10 Å². The first-order valence-electron chi connectivity index (χ1n) is 9.05. The number of anilines is 1. The maximum Gasteiger partial charge on any atom is 0.292 e. The van der Waals surface area contributed by atoms with Crippen molar-refractivity contribution in [2.24, 2.45) is 0 Å². The first-order valence-corrected chi connectivity index (χ1v) is 9.43. The average Bonchev–Trinajstić information content (AvgIpc) is 2.75. The third-order valence-electron chi connectivity index (χ3n) is 5.03. The molecular weight excluding hydrogens is 394 g/mol. The van der Waals surface area contributed by atoms with Crippen LogP contribution < -0.4 is 19.9 Å². The third-order valence-corrected chi connectivity index (χ3v) is 5.39. The van der Waals surface area contributed by atoms with Crippen LogP contribution in [0.5, 0.6) is 11.5 Å². The number of aliphatic hydroxyl groups excluding tert-OH is 1. The number of hydrogen-bond acceptors (Lipinski definition) is 6. The second-order valence-corrected chi connectivity index (χ2v) is 7.03. The Balaban J connectivity index is 1.76. The summed E-state index contributed by atoms with van der Waals surface area (Å²) in [6.07, 6.45) is 0.706. The summed E-state index contributed by atoms with van der Waals surface area (Å²) in [7, 11) is 3.13. The van der Waals surface area contributed by atoms with Crippen LogP contribution in [0.1, 0.15) is 17.2 Å². The number of nitrogens with zero attached hydrogens (tertiary/aromatic N) is 3. The molecule has 0 saturated carbocycles.